The van der Waals surface area contributed by atoms with Crippen molar-refractivity contribution in [2.45, 2.75) is 38.8 Å². The zero-order chi connectivity index (χ0) is 15.3. The number of carbonyl (C=O) groups is 1. The number of primary amides is 1. The van der Waals surface area contributed by atoms with Crippen LogP contribution < -0.4 is 11.1 Å². The molecule has 3 N–H and O–H groups in total. The van der Waals surface area contributed by atoms with Gasteiger partial charge in [0.05, 0.1) is 11.7 Å². The van der Waals surface area contributed by atoms with E-state index in [0.717, 1.165) is 19.4 Å². The molecule has 0 saturated carbocycles. The summed E-state index contributed by atoms with van der Waals surface area (Å²) in [5, 5.41) is 10.8. The molecule has 0 fully saturated rings. The lowest BCUT2D eigenvalue weighted by Crippen LogP contribution is -2.44. The van der Waals surface area contributed by atoms with Crippen molar-refractivity contribution in [2.75, 3.05) is 0 Å². The summed E-state index contributed by atoms with van der Waals surface area (Å²) in [6.45, 7) is 4.44. The Bertz CT molecular complexity index is 593. The number of carbonyl (C=O) groups excluding carboxylic acids is 1. The number of hydrogen-bond donors (Lipinski definition) is 2. The maximum absolute atomic E-state index is 11.0. The number of rotatable bonds is 6. The molecule has 0 aliphatic carbocycles. The highest BCUT2D eigenvalue weighted by Crippen LogP contribution is 2.16. The highest BCUT2D eigenvalue weighted by molar-refractivity contribution is 5.72. The molecule has 21 heavy (non-hydrogen) atoms. The van der Waals surface area contributed by atoms with E-state index in [1.165, 1.54) is 5.56 Å². The molecular weight excluding hydrogens is 268 g/mol. The van der Waals surface area contributed by atoms with Crippen LogP contribution >= 0.6 is 0 Å². The number of amides is 2. The maximum Gasteiger partial charge on any atom is 0.312 e. The zero-order valence-corrected chi connectivity index (χ0v) is 12.3. The third kappa shape index (κ3) is 4.27. The molecule has 2 rings (SSSR count). The van der Waals surface area contributed by atoms with Gasteiger partial charge in [0.2, 0.25) is 0 Å². The van der Waals surface area contributed by atoms with E-state index in [1.54, 1.807) is 17.1 Å². The van der Waals surface area contributed by atoms with Gasteiger partial charge in [-0.3, -0.25) is 9.67 Å². The van der Waals surface area contributed by atoms with Crippen LogP contribution in [0.25, 0.3) is 0 Å². The van der Waals surface area contributed by atoms with Crippen molar-refractivity contribution in [3.8, 4) is 0 Å². The molecule has 7 heteroatoms. The Morgan fingerprint density at radius 3 is 2.76 bits per heavy atom. The van der Waals surface area contributed by atoms with Gasteiger partial charge in [0.15, 0.2) is 0 Å². The molecule has 0 atom stereocenters. The molecular formula is C14H20N6O. The molecule has 0 bridgehead atoms. The number of hydrogen-bond acceptors (Lipinski definition) is 4. The number of nitrogens with one attached hydrogen (secondary N) is 1. The summed E-state index contributed by atoms with van der Waals surface area (Å²) >= 11 is 0. The Kier molecular flexibility index (Phi) is 4.52. The molecule has 0 radical (unpaired) electrons. The summed E-state index contributed by atoms with van der Waals surface area (Å²) in [6, 6.07) is 3.44. The van der Waals surface area contributed by atoms with Gasteiger partial charge in [-0.15, -0.1) is 5.10 Å². The fourth-order valence-corrected chi connectivity index (χ4v) is 2.06. The molecule has 7 nitrogen and oxygen atoms in total. The molecule has 112 valence electrons. The highest BCUT2D eigenvalue weighted by atomic mass is 16.2. The first-order valence-corrected chi connectivity index (χ1v) is 6.84. The predicted molar refractivity (Wildman–Crippen MR) is 78.3 cm³/mol. The van der Waals surface area contributed by atoms with Gasteiger partial charge in [-0.05, 0) is 44.4 Å². The highest BCUT2D eigenvalue weighted by Gasteiger charge is 2.25. The summed E-state index contributed by atoms with van der Waals surface area (Å²) in [7, 11) is 0. The third-order valence-electron chi connectivity index (χ3n) is 3.22. The normalized spacial score (nSPS) is 11.3. The lowest BCUT2D eigenvalue weighted by Gasteiger charge is -2.21. The SMILES string of the molecule is CC(C)(NC(N)=O)c1cn(CCCc2ccncc2)nn1. The van der Waals surface area contributed by atoms with Crippen LogP contribution in [0, 0.1) is 0 Å². The van der Waals surface area contributed by atoms with Gasteiger partial charge < -0.3 is 11.1 Å². The first-order valence-electron chi connectivity index (χ1n) is 6.84. The Balaban J connectivity index is 1.90. The first kappa shape index (κ1) is 15.0. The van der Waals surface area contributed by atoms with E-state index in [2.05, 4.69) is 20.6 Å². The van der Waals surface area contributed by atoms with Crippen LogP contribution in [0.15, 0.2) is 30.7 Å². The predicted octanol–water partition coefficient (Wildman–Crippen LogP) is 1.21. The smallest absolute Gasteiger partial charge is 0.312 e. The lowest BCUT2D eigenvalue weighted by molar-refractivity contribution is 0.238. The molecule has 0 spiro atoms. The van der Waals surface area contributed by atoms with Crippen molar-refractivity contribution in [3.05, 3.63) is 42.0 Å². The van der Waals surface area contributed by atoms with Gasteiger partial charge in [-0.25, -0.2) is 4.79 Å². The van der Waals surface area contributed by atoms with Crippen molar-refractivity contribution in [1.82, 2.24) is 25.3 Å². The van der Waals surface area contributed by atoms with Crippen LogP contribution in [0.5, 0.6) is 0 Å². The van der Waals surface area contributed by atoms with E-state index >= 15 is 0 Å². The summed E-state index contributed by atoms with van der Waals surface area (Å²) < 4.78 is 1.78. The van der Waals surface area contributed by atoms with E-state index in [4.69, 9.17) is 5.73 Å². The Morgan fingerprint density at radius 1 is 1.38 bits per heavy atom. The topological polar surface area (TPSA) is 98.7 Å². The van der Waals surface area contributed by atoms with Crippen LogP contribution in [0.4, 0.5) is 4.79 Å². The van der Waals surface area contributed by atoms with E-state index < -0.39 is 11.6 Å². The Hall–Kier alpha value is -2.44. The van der Waals surface area contributed by atoms with Crippen molar-refractivity contribution in [1.29, 1.82) is 0 Å². The van der Waals surface area contributed by atoms with E-state index in [9.17, 15) is 4.79 Å². The third-order valence-corrected chi connectivity index (χ3v) is 3.22. The summed E-state index contributed by atoms with van der Waals surface area (Å²) in [6.07, 6.45) is 7.33. The van der Waals surface area contributed by atoms with E-state index in [0.29, 0.717) is 5.69 Å². The first-order chi connectivity index (χ1) is 9.97. The fourth-order valence-electron chi connectivity index (χ4n) is 2.06. The van der Waals surface area contributed by atoms with Crippen LogP contribution in [0.3, 0.4) is 0 Å². The number of nitrogens with zero attached hydrogens (tertiary/aromatic N) is 4. The molecule has 0 saturated heterocycles. The van der Waals surface area contributed by atoms with Gasteiger partial charge in [-0.2, -0.15) is 0 Å². The number of aryl methyl sites for hydroxylation is 2. The van der Waals surface area contributed by atoms with E-state index in [-0.39, 0.29) is 0 Å². The minimum atomic E-state index is -0.630. The number of pyridine rings is 1. The summed E-state index contributed by atoms with van der Waals surface area (Å²) in [5.74, 6) is 0. The van der Waals surface area contributed by atoms with Gasteiger partial charge in [0.1, 0.15) is 5.69 Å². The second kappa shape index (κ2) is 6.34. The Labute approximate surface area is 123 Å². The molecule has 2 aromatic heterocycles. The number of urea groups is 1. The Morgan fingerprint density at radius 2 is 2.10 bits per heavy atom. The van der Waals surface area contributed by atoms with Crippen molar-refractivity contribution >= 4 is 6.03 Å². The average molecular weight is 288 g/mol. The molecule has 2 heterocycles. The summed E-state index contributed by atoms with van der Waals surface area (Å²) in [5.41, 5.74) is 6.46. The standard InChI is InChI=1S/C14H20N6O/c1-14(2,17-13(15)21)12-10-20(19-18-12)9-3-4-11-5-7-16-8-6-11/h5-8,10H,3-4,9H2,1-2H3,(H3,15,17,21). The van der Waals surface area contributed by atoms with Crippen molar-refractivity contribution < 1.29 is 4.79 Å². The summed E-state index contributed by atoms with van der Waals surface area (Å²) in [4.78, 5) is 15.0. The fraction of sp³-hybridized carbons (Fsp3) is 0.429. The molecule has 0 aliphatic rings. The van der Waals surface area contributed by atoms with Gasteiger partial charge >= 0.3 is 6.03 Å². The van der Waals surface area contributed by atoms with Crippen LogP contribution in [0.1, 0.15) is 31.5 Å². The second-order valence-corrected chi connectivity index (χ2v) is 5.44. The largest absolute Gasteiger partial charge is 0.352 e. The lowest BCUT2D eigenvalue weighted by atomic mass is 10.0. The quantitative estimate of drug-likeness (QED) is 0.834. The molecule has 0 aliphatic heterocycles. The van der Waals surface area contributed by atoms with Gasteiger partial charge in [0.25, 0.3) is 0 Å². The van der Waals surface area contributed by atoms with Crippen molar-refractivity contribution in [2.24, 2.45) is 5.73 Å². The maximum atomic E-state index is 11.0. The number of aromatic nitrogens is 4. The monoisotopic (exact) mass is 288 g/mol. The van der Waals surface area contributed by atoms with Gasteiger partial charge in [-0.1, -0.05) is 5.21 Å². The average Bonchev–Trinajstić information content (AvgIpc) is 2.88. The molecule has 2 amide bonds. The van der Waals surface area contributed by atoms with Crippen LogP contribution in [-0.2, 0) is 18.5 Å². The minimum Gasteiger partial charge on any atom is -0.352 e. The second-order valence-electron chi connectivity index (χ2n) is 5.44. The molecule has 0 aromatic carbocycles. The molecule has 0 unspecified atom stereocenters. The zero-order valence-electron chi connectivity index (χ0n) is 12.3. The van der Waals surface area contributed by atoms with Gasteiger partial charge in [0, 0.05) is 18.9 Å². The van der Waals surface area contributed by atoms with E-state index in [1.807, 2.05) is 32.2 Å². The van der Waals surface area contributed by atoms with Crippen LogP contribution in [0.2, 0.25) is 0 Å². The van der Waals surface area contributed by atoms with Crippen LogP contribution in [-0.4, -0.2) is 26.0 Å². The molecule has 2 aromatic rings. The minimum absolute atomic E-state index is 0.577. The van der Waals surface area contributed by atoms with Crippen molar-refractivity contribution in [3.63, 3.8) is 0 Å². The number of nitrogens with two attached hydrogens (primary N) is 1.